The molecule has 1 aliphatic carbocycles. The first kappa shape index (κ1) is 19.1. The van der Waals surface area contributed by atoms with E-state index >= 15 is 0 Å². The second kappa shape index (κ2) is 9.22. The number of hydrogen-bond donors (Lipinski definition) is 2. The number of carbonyl (C=O) groups excluding carboxylic acids is 2. The lowest BCUT2D eigenvalue weighted by atomic mass is 9.85. The van der Waals surface area contributed by atoms with E-state index in [0.29, 0.717) is 0 Å². The molecule has 1 aliphatic rings. The van der Waals surface area contributed by atoms with E-state index in [1.165, 1.54) is 0 Å². The predicted octanol–water partition coefficient (Wildman–Crippen LogP) is 2.25. The standard InChI is InChI=1S/C14H20F3N3O3/c15-14(16,17)9-20-13(22)23-11(12(21)19-7-6-18)8-10-4-2-1-3-5-10/h10-11H,1-5,7-9H2,(H,19,21)(H,20,22). The molecule has 6 nitrogen and oxygen atoms in total. The Morgan fingerprint density at radius 3 is 2.43 bits per heavy atom. The van der Waals surface area contributed by atoms with E-state index in [2.05, 4.69) is 5.32 Å². The van der Waals surface area contributed by atoms with Gasteiger partial charge in [-0.2, -0.15) is 18.4 Å². The van der Waals surface area contributed by atoms with Gasteiger partial charge in [-0.05, 0) is 12.3 Å². The minimum Gasteiger partial charge on any atom is -0.436 e. The van der Waals surface area contributed by atoms with Crippen LogP contribution in [0.3, 0.4) is 0 Å². The summed E-state index contributed by atoms with van der Waals surface area (Å²) in [6.07, 6.45) is -1.90. The van der Waals surface area contributed by atoms with Crippen molar-refractivity contribution in [1.82, 2.24) is 10.6 Å². The number of rotatable bonds is 6. The molecule has 0 aliphatic heterocycles. The van der Waals surface area contributed by atoms with Crippen LogP contribution in [0, 0.1) is 17.2 Å². The molecule has 0 saturated heterocycles. The number of nitrogens with zero attached hydrogens (tertiary/aromatic N) is 1. The fourth-order valence-electron chi connectivity index (χ4n) is 2.52. The second-order valence-corrected chi connectivity index (χ2v) is 5.48. The number of ether oxygens (including phenoxy) is 1. The molecule has 0 spiro atoms. The van der Waals surface area contributed by atoms with Crippen LogP contribution in [0.1, 0.15) is 38.5 Å². The van der Waals surface area contributed by atoms with Crippen LogP contribution < -0.4 is 10.6 Å². The molecule has 1 fully saturated rings. The van der Waals surface area contributed by atoms with Crippen LogP contribution in [-0.2, 0) is 9.53 Å². The lowest BCUT2D eigenvalue weighted by Crippen LogP contribution is -2.43. The lowest BCUT2D eigenvalue weighted by Gasteiger charge is -2.25. The molecular formula is C14H20F3N3O3. The molecule has 130 valence electrons. The Morgan fingerprint density at radius 1 is 1.22 bits per heavy atom. The van der Waals surface area contributed by atoms with Gasteiger partial charge in [0.1, 0.15) is 13.1 Å². The Kier molecular flexibility index (Phi) is 7.65. The van der Waals surface area contributed by atoms with Crippen molar-refractivity contribution < 1.29 is 27.5 Å². The first-order chi connectivity index (χ1) is 10.8. The smallest absolute Gasteiger partial charge is 0.408 e. The van der Waals surface area contributed by atoms with Gasteiger partial charge in [0.05, 0.1) is 6.07 Å². The SMILES string of the molecule is N#CCNC(=O)C(CC1CCCCC1)OC(=O)NCC(F)(F)F. The number of halogens is 3. The summed E-state index contributed by atoms with van der Waals surface area (Å²) in [5.41, 5.74) is 0. The van der Waals surface area contributed by atoms with Gasteiger partial charge in [-0.25, -0.2) is 4.79 Å². The van der Waals surface area contributed by atoms with Crippen molar-refractivity contribution in [3.63, 3.8) is 0 Å². The molecule has 2 N–H and O–H groups in total. The van der Waals surface area contributed by atoms with Crippen molar-refractivity contribution >= 4 is 12.0 Å². The summed E-state index contributed by atoms with van der Waals surface area (Å²) in [5, 5.41) is 12.3. The van der Waals surface area contributed by atoms with Crippen molar-refractivity contribution in [1.29, 1.82) is 5.26 Å². The number of nitrogens with one attached hydrogen (secondary N) is 2. The van der Waals surface area contributed by atoms with E-state index in [4.69, 9.17) is 10.00 Å². The van der Waals surface area contributed by atoms with Crippen molar-refractivity contribution in [2.24, 2.45) is 5.92 Å². The molecule has 1 unspecified atom stereocenters. The monoisotopic (exact) mass is 335 g/mol. The zero-order valence-corrected chi connectivity index (χ0v) is 12.6. The third-order valence-electron chi connectivity index (χ3n) is 3.59. The molecule has 2 amide bonds. The average Bonchev–Trinajstić information content (AvgIpc) is 2.50. The van der Waals surface area contributed by atoms with E-state index in [0.717, 1.165) is 32.1 Å². The van der Waals surface area contributed by atoms with E-state index in [-0.39, 0.29) is 18.9 Å². The summed E-state index contributed by atoms with van der Waals surface area (Å²) in [5.74, 6) is -0.490. The van der Waals surface area contributed by atoms with Gasteiger partial charge in [-0.15, -0.1) is 0 Å². The van der Waals surface area contributed by atoms with Gasteiger partial charge < -0.3 is 15.4 Å². The van der Waals surface area contributed by atoms with Crippen molar-refractivity contribution in [3.8, 4) is 6.07 Å². The zero-order chi connectivity index (χ0) is 17.3. The normalized spacial score (nSPS) is 17.0. The Bertz CT molecular complexity index is 443. The summed E-state index contributed by atoms with van der Waals surface area (Å²) in [4.78, 5) is 23.4. The van der Waals surface area contributed by atoms with Crippen molar-refractivity contribution in [2.75, 3.05) is 13.1 Å². The number of carbonyl (C=O) groups is 2. The van der Waals surface area contributed by atoms with Gasteiger partial charge in [0.25, 0.3) is 5.91 Å². The van der Waals surface area contributed by atoms with Crippen LogP contribution in [0.4, 0.5) is 18.0 Å². The van der Waals surface area contributed by atoms with E-state index in [1.54, 1.807) is 11.4 Å². The highest BCUT2D eigenvalue weighted by Gasteiger charge is 2.31. The molecule has 1 atom stereocenters. The first-order valence-electron chi connectivity index (χ1n) is 7.47. The Hall–Kier alpha value is -1.98. The van der Waals surface area contributed by atoms with Crippen LogP contribution in [-0.4, -0.2) is 37.4 Å². The third kappa shape index (κ3) is 8.28. The summed E-state index contributed by atoms with van der Waals surface area (Å²) in [6, 6.07) is 1.72. The van der Waals surface area contributed by atoms with E-state index in [9.17, 15) is 22.8 Å². The van der Waals surface area contributed by atoms with Crippen molar-refractivity contribution in [2.45, 2.75) is 50.8 Å². The van der Waals surface area contributed by atoms with Gasteiger partial charge >= 0.3 is 12.3 Å². The van der Waals surface area contributed by atoms with Crippen LogP contribution in [0.15, 0.2) is 0 Å². The molecule has 23 heavy (non-hydrogen) atoms. The summed E-state index contributed by atoms with van der Waals surface area (Å²) in [6.45, 7) is -1.78. The highest BCUT2D eigenvalue weighted by Crippen LogP contribution is 2.28. The van der Waals surface area contributed by atoms with Gasteiger partial charge in [0.2, 0.25) is 0 Å². The van der Waals surface area contributed by atoms with Crippen molar-refractivity contribution in [3.05, 3.63) is 0 Å². The van der Waals surface area contributed by atoms with Crippen LogP contribution in [0.5, 0.6) is 0 Å². The number of hydrogen-bond acceptors (Lipinski definition) is 4. The summed E-state index contributed by atoms with van der Waals surface area (Å²) >= 11 is 0. The molecule has 0 radical (unpaired) electrons. The van der Waals surface area contributed by atoms with Gasteiger partial charge in [-0.1, -0.05) is 32.1 Å². The van der Waals surface area contributed by atoms with Gasteiger partial charge in [0, 0.05) is 0 Å². The van der Waals surface area contributed by atoms with E-state index < -0.39 is 30.8 Å². The number of nitriles is 1. The van der Waals surface area contributed by atoms with Crippen LogP contribution >= 0.6 is 0 Å². The fourth-order valence-corrected chi connectivity index (χ4v) is 2.52. The highest BCUT2D eigenvalue weighted by molar-refractivity contribution is 5.83. The molecule has 1 saturated carbocycles. The molecule has 9 heteroatoms. The quantitative estimate of drug-likeness (QED) is 0.728. The largest absolute Gasteiger partial charge is 0.436 e. The first-order valence-corrected chi connectivity index (χ1v) is 7.47. The predicted molar refractivity (Wildman–Crippen MR) is 74.1 cm³/mol. The summed E-state index contributed by atoms with van der Waals surface area (Å²) in [7, 11) is 0. The Labute approximate surface area is 132 Å². The van der Waals surface area contributed by atoms with Crippen LogP contribution in [0.2, 0.25) is 0 Å². The molecule has 0 aromatic carbocycles. The zero-order valence-electron chi connectivity index (χ0n) is 12.6. The molecule has 0 bridgehead atoms. The lowest BCUT2D eigenvalue weighted by molar-refractivity contribution is -0.131. The maximum Gasteiger partial charge on any atom is 0.408 e. The molecule has 0 heterocycles. The van der Waals surface area contributed by atoms with E-state index in [1.807, 2.05) is 0 Å². The maximum absolute atomic E-state index is 12.1. The van der Waals surface area contributed by atoms with Gasteiger partial charge in [0.15, 0.2) is 6.10 Å². The number of alkyl carbamates (subject to hydrolysis) is 1. The molecule has 0 aromatic heterocycles. The second-order valence-electron chi connectivity index (χ2n) is 5.48. The van der Waals surface area contributed by atoms with Gasteiger partial charge in [-0.3, -0.25) is 4.79 Å². The highest BCUT2D eigenvalue weighted by atomic mass is 19.4. The topological polar surface area (TPSA) is 91.2 Å². The fraction of sp³-hybridized carbons (Fsp3) is 0.786. The molecule has 1 rings (SSSR count). The Morgan fingerprint density at radius 2 is 1.87 bits per heavy atom. The Balaban J connectivity index is 2.57. The summed E-state index contributed by atoms with van der Waals surface area (Å²) < 4.78 is 41.0. The van der Waals surface area contributed by atoms with Crippen LogP contribution in [0.25, 0.3) is 0 Å². The third-order valence-corrected chi connectivity index (χ3v) is 3.59. The number of alkyl halides is 3. The molecular weight excluding hydrogens is 315 g/mol. The number of amides is 2. The minimum atomic E-state index is -4.55. The minimum absolute atomic E-state index is 0.178. The average molecular weight is 335 g/mol. The maximum atomic E-state index is 12.1. The molecule has 0 aromatic rings.